The van der Waals surface area contributed by atoms with Crippen LogP contribution in [0.5, 0.6) is 0 Å². The molecule has 0 heterocycles. The third-order valence-corrected chi connectivity index (χ3v) is 3.47. The van der Waals surface area contributed by atoms with Gasteiger partial charge in [0.1, 0.15) is 5.54 Å². The number of nitrogens with one attached hydrogen (secondary N) is 1. The van der Waals surface area contributed by atoms with Crippen LogP contribution in [-0.2, 0) is 4.79 Å². The van der Waals surface area contributed by atoms with Gasteiger partial charge in [0.25, 0.3) is 0 Å². The molecule has 1 aliphatic rings. The van der Waals surface area contributed by atoms with Crippen molar-refractivity contribution in [1.82, 2.24) is 10.2 Å². The molecule has 0 aromatic carbocycles. The Morgan fingerprint density at radius 3 is 2.56 bits per heavy atom. The highest BCUT2D eigenvalue weighted by Gasteiger charge is 2.37. The van der Waals surface area contributed by atoms with E-state index >= 15 is 0 Å². The highest BCUT2D eigenvalue weighted by Crippen LogP contribution is 2.25. The molecule has 106 valence electrons. The zero-order valence-corrected chi connectivity index (χ0v) is 12.2. The van der Waals surface area contributed by atoms with Crippen molar-refractivity contribution in [3.63, 3.8) is 0 Å². The van der Waals surface area contributed by atoms with Crippen molar-refractivity contribution in [2.45, 2.75) is 58.0 Å². The highest BCUT2D eigenvalue weighted by molar-refractivity contribution is 5.78. The molecule has 2 N–H and O–H groups in total. The van der Waals surface area contributed by atoms with Gasteiger partial charge in [0.15, 0.2) is 0 Å². The Hall–Kier alpha value is -0.610. The highest BCUT2D eigenvalue weighted by atomic mass is 16.4. The first kappa shape index (κ1) is 15.4. The first-order valence-corrected chi connectivity index (χ1v) is 7.03. The molecular formula is C14H28N2O2. The molecule has 1 fully saturated rings. The van der Waals surface area contributed by atoms with E-state index in [2.05, 4.69) is 31.1 Å². The number of nitrogens with zero attached hydrogens (tertiary/aromatic N) is 1. The maximum atomic E-state index is 11.4. The molecule has 0 aromatic heterocycles. The van der Waals surface area contributed by atoms with Crippen molar-refractivity contribution in [2.24, 2.45) is 5.92 Å². The summed E-state index contributed by atoms with van der Waals surface area (Å²) >= 11 is 0. The Kier molecular flexibility index (Phi) is 5.60. The molecule has 0 aromatic rings. The van der Waals surface area contributed by atoms with Crippen LogP contribution in [0.4, 0.5) is 0 Å². The summed E-state index contributed by atoms with van der Waals surface area (Å²) in [6.07, 6.45) is 3.86. The molecular weight excluding hydrogens is 228 g/mol. The van der Waals surface area contributed by atoms with Gasteiger partial charge in [-0.25, -0.2) is 0 Å². The molecule has 18 heavy (non-hydrogen) atoms. The number of rotatable bonds is 9. The topological polar surface area (TPSA) is 52.6 Å². The maximum Gasteiger partial charge on any atom is 0.323 e. The molecule has 1 aliphatic carbocycles. The SMILES string of the molecule is CC(C)CN(C)CCCC(C)(NC1CC1)C(=O)O. The molecule has 0 spiro atoms. The summed E-state index contributed by atoms with van der Waals surface area (Å²) in [5.41, 5.74) is -0.750. The molecule has 0 saturated heterocycles. The zero-order valence-electron chi connectivity index (χ0n) is 12.2. The largest absolute Gasteiger partial charge is 0.480 e. The van der Waals surface area contributed by atoms with Crippen LogP contribution >= 0.6 is 0 Å². The third kappa shape index (κ3) is 5.36. The van der Waals surface area contributed by atoms with Crippen molar-refractivity contribution in [3.8, 4) is 0 Å². The average molecular weight is 256 g/mol. The predicted octanol–water partition coefficient (Wildman–Crippen LogP) is 1.95. The van der Waals surface area contributed by atoms with E-state index in [0.29, 0.717) is 18.4 Å². The lowest BCUT2D eigenvalue weighted by Crippen LogP contribution is -2.50. The molecule has 1 unspecified atom stereocenters. The number of hydrogen-bond acceptors (Lipinski definition) is 3. The molecule has 0 aliphatic heterocycles. The second-order valence-corrected chi connectivity index (χ2v) is 6.32. The van der Waals surface area contributed by atoms with Gasteiger partial charge in [0, 0.05) is 12.6 Å². The van der Waals surface area contributed by atoms with Crippen molar-refractivity contribution in [2.75, 3.05) is 20.1 Å². The Labute approximate surface area is 111 Å². The first-order chi connectivity index (χ1) is 8.33. The molecule has 4 nitrogen and oxygen atoms in total. The van der Waals surface area contributed by atoms with E-state index in [9.17, 15) is 9.90 Å². The number of hydrogen-bond donors (Lipinski definition) is 2. The molecule has 1 atom stereocenters. The van der Waals surface area contributed by atoms with E-state index in [4.69, 9.17) is 0 Å². The van der Waals surface area contributed by atoms with Gasteiger partial charge in [0.2, 0.25) is 0 Å². The second kappa shape index (κ2) is 6.53. The fourth-order valence-corrected chi connectivity index (χ4v) is 2.34. The number of carboxylic acids is 1. The van der Waals surface area contributed by atoms with E-state index in [1.807, 2.05) is 6.92 Å². The number of carbonyl (C=O) groups is 1. The fourth-order valence-electron chi connectivity index (χ4n) is 2.34. The molecule has 0 radical (unpaired) electrons. The van der Waals surface area contributed by atoms with Crippen LogP contribution < -0.4 is 5.32 Å². The monoisotopic (exact) mass is 256 g/mol. The van der Waals surface area contributed by atoms with E-state index in [-0.39, 0.29) is 0 Å². The van der Waals surface area contributed by atoms with Crippen LogP contribution in [0.1, 0.15) is 46.5 Å². The van der Waals surface area contributed by atoms with Gasteiger partial charge in [-0.3, -0.25) is 10.1 Å². The smallest absolute Gasteiger partial charge is 0.323 e. The van der Waals surface area contributed by atoms with Crippen LogP contribution in [0.25, 0.3) is 0 Å². The number of carboxylic acid groups (broad SMARTS) is 1. The summed E-state index contributed by atoms with van der Waals surface area (Å²) in [6.45, 7) is 8.25. The van der Waals surface area contributed by atoms with E-state index < -0.39 is 11.5 Å². The van der Waals surface area contributed by atoms with Crippen molar-refractivity contribution >= 4 is 5.97 Å². The Morgan fingerprint density at radius 2 is 2.11 bits per heavy atom. The lowest BCUT2D eigenvalue weighted by atomic mass is 9.95. The minimum Gasteiger partial charge on any atom is -0.480 e. The Morgan fingerprint density at radius 1 is 1.50 bits per heavy atom. The minimum absolute atomic E-state index is 0.430. The summed E-state index contributed by atoms with van der Waals surface area (Å²) in [7, 11) is 2.10. The van der Waals surface area contributed by atoms with E-state index in [1.54, 1.807) is 0 Å². The zero-order chi connectivity index (χ0) is 13.8. The molecule has 0 amide bonds. The van der Waals surface area contributed by atoms with Gasteiger partial charge in [-0.05, 0) is 52.1 Å². The molecule has 4 heteroatoms. The van der Waals surface area contributed by atoms with Crippen molar-refractivity contribution in [3.05, 3.63) is 0 Å². The quantitative estimate of drug-likeness (QED) is 0.662. The van der Waals surface area contributed by atoms with Gasteiger partial charge in [-0.15, -0.1) is 0 Å². The van der Waals surface area contributed by atoms with Crippen molar-refractivity contribution in [1.29, 1.82) is 0 Å². The lowest BCUT2D eigenvalue weighted by molar-refractivity contribution is -0.144. The van der Waals surface area contributed by atoms with Gasteiger partial charge in [0.05, 0.1) is 0 Å². The van der Waals surface area contributed by atoms with Gasteiger partial charge in [-0.1, -0.05) is 13.8 Å². The van der Waals surface area contributed by atoms with Crippen LogP contribution in [0.2, 0.25) is 0 Å². The molecule has 1 saturated carbocycles. The second-order valence-electron chi connectivity index (χ2n) is 6.32. The number of aliphatic carboxylic acids is 1. The van der Waals surface area contributed by atoms with Gasteiger partial charge >= 0.3 is 5.97 Å². The predicted molar refractivity (Wildman–Crippen MR) is 73.8 cm³/mol. The van der Waals surface area contributed by atoms with Crippen LogP contribution in [-0.4, -0.2) is 47.7 Å². The summed E-state index contributed by atoms with van der Waals surface area (Å²) in [4.78, 5) is 13.6. The average Bonchev–Trinajstić information content (AvgIpc) is 2.99. The van der Waals surface area contributed by atoms with Gasteiger partial charge < -0.3 is 10.0 Å². The van der Waals surface area contributed by atoms with Crippen LogP contribution in [0.15, 0.2) is 0 Å². The molecule has 0 bridgehead atoms. The standard InChI is InChI=1S/C14H28N2O2/c1-11(2)10-16(4)9-5-8-14(3,13(17)18)15-12-6-7-12/h11-12,15H,5-10H2,1-4H3,(H,17,18). The maximum absolute atomic E-state index is 11.4. The summed E-state index contributed by atoms with van der Waals surface area (Å²) in [6, 6.07) is 0.430. The normalized spacial score (nSPS) is 19.2. The molecule has 1 rings (SSSR count). The fraction of sp³-hybridized carbons (Fsp3) is 0.929. The van der Waals surface area contributed by atoms with Crippen LogP contribution in [0.3, 0.4) is 0 Å². The third-order valence-electron chi connectivity index (χ3n) is 3.47. The van der Waals surface area contributed by atoms with E-state index in [1.165, 1.54) is 0 Å². The van der Waals surface area contributed by atoms with Crippen molar-refractivity contribution < 1.29 is 9.90 Å². The lowest BCUT2D eigenvalue weighted by Gasteiger charge is -2.27. The Bertz CT molecular complexity index is 277. The van der Waals surface area contributed by atoms with Gasteiger partial charge in [-0.2, -0.15) is 0 Å². The summed E-state index contributed by atoms with van der Waals surface area (Å²) in [5.74, 6) is -0.0636. The Balaban J connectivity index is 2.30. The minimum atomic E-state index is -0.750. The van der Waals surface area contributed by atoms with E-state index in [0.717, 1.165) is 32.4 Å². The first-order valence-electron chi connectivity index (χ1n) is 7.03. The summed E-state index contributed by atoms with van der Waals surface area (Å²) < 4.78 is 0. The van der Waals surface area contributed by atoms with Crippen LogP contribution in [0, 0.1) is 5.92 Å². The summed E-state index contributed by atoms with van der Waals surface area (Å²) in [5, 5.41) is 12.6.